The molecule has 11 heteroatoms. The maximum absolute atomic E-state index is 12.6. The molecule has 3 rings (SSSR count). The number of halogens is 2. The highest BCUT2D eigenvalue weighted by molar-refractivity contribution is 7.89. The van der Waals surface area contributed by atoms with Crippen LogP contribution in [0.25, 0.3) is 0 Å². The van der Waals surface area contributed by atoms with Crippen LogP contribution in [0.5, 0.6) is 0 Å². The number of nitrogens with one attached hydrogen (secondary N) is 2. The van der Waals surface area contributed by atoms with Gasteiger partial charge in [0.25, 0.3) is 5.91 Å². The molecule has 1 aliphatic carbocycles. The van der Waals surface area contributed by atoms with Crippen LogP contribution in [-0.4, -0.2) is 31.1 Å². The zero-order valence-electron chi connectivity index (χ0n) is 14.6. The normalized spacial score (nSPS) is 14.6. The molecule has 27 heavy (non-hydrogen) atoms. The quantitative estimate of drug-likeness (QED) is 0.668. The van der Waals surface area contributed by atoms with E-state index in [0.717, 1.165) is 17.8 Å². The van der Waals surface area contributed by atoms with Gasteiger partial charge in [-0.15, -0.1) is 10.2 Å². The third-order valence-electron chi connectivity index (χ3n) is 3.82. The highest BCUT2D eigenvalue weighted by Gasteiger charge is 2.28. The van der Waals surface area contributed by atoms with Gasteiger partial charge in [-0.1, -0.05) is 48.4 Å². The second kappa shape index (κ2) is 8.00. The molecule has 0 unspecified atom stereocenters. The molecule has 1 heterocycles. The Morgan fingerprint density at radius 2 is 1.96 bits per heavy atom. The average molecular weight is 449 g/mol. The number of nitrogens with zero attached hydrogens (tertiary/aromatic N) is 2. The average Bonchev–Trinajstić information content (AvgIpc) is 3.33. The molecule has 1 amide bonds. The van der Waals surface area contributed by atoms with Gasteiger partial charge in [0.05, 0.1) is 15.6 Å². The molecule has 0 saturated heterocycles. The monoisotopic (exact) mass is 448 g/mol. The van der Waals surface area contributed by atoms with Crippen molar-refractivity contribution in [1.29, 1.82) is 0 Å². The molecule has 2 aromatic rings. The number of carbonyl (C=O) groups is 1. The number of anilines is 1. The Kier molecular flexibility index (Phi) is 6.07. The van der Waals surface area contributed by atoms with Crippen LogP contribution in [0.15, 0.2) is 17.0 Å². The van der Waals surface area contributed by atoms with Crippen LogP contribution in [0.1, 0.15) is 48.0 Å². The fraction of sp³-hybridized carbons (Fsp3) is 0.438. The van der Waals surface area contributed by atoms with Crippen LogP contribution in [-0.2, 0) is 10.0 Å². The van der Waals surface area contributed by atoms with E-state index in [1.807, 2.05) is 13.8 Å². The van der Waals surface area contributed by atoms with Crippen molar-refractivity contribution in [2.75, 3.05) is 11.9 Å². The Morgan fingerprint density at radius 3 is 2.59 bits per heavy atom. The predicted molar refractivity (Wildman–Crippen MR) is 106 cm³/mol. The molecule has 146 valence electrons. The van der Waals surface area contributed by atoms with Crippen molar-refractivity contribution in [3.8, 4) is 0 Å². The first-order chi connectivity index (χ1) is 12.7. The van der Waals surface area contributed by atoms with E-state index in [1.54, 1.807) is 0 Å². The number of aromatic nitrogens is 2. The molecule has 1 aliphatic rings. The van der Waals surface area contributed by atoms with Crippen molar-refractivity contribution < 1.29 is 13.2 Å². The van der Waals surface area contributed by atoms with Crippen molar-refractivity contribution in [2.45, 2.75) is 37.5 Å². The van der Waals surface area contributed by atoms with Crippen molar-refractivity contribution in [3.05, 3.63) is 32.7 Å². The summed E-state index contributed by atoms with van der Waals surface area (Å²) >= 11 is 13.5. The Hall–Kier alpha value is -1.26. The molecule has 2 N–H and O–H groups in total. The Balaban J connectivity index is 1.84. The summed E-state index contributed by atoms with van der Waals surface area (Å²) in [7, 11) is -3.88. The van der Waals surface area contributed by atoms with Gasteiger partial charge < -0.3 is 0 Å². The lowest BCUT2D eigenvalue weighted by Gasteiger charge is -2.12. The van der Waals surface area contributed by atoms with Gasteiger partial charge in [-0.2, -0.15) is 0 Å². The summed E-state index contributed by atoms with van der Waals surface area (Å²) in [6.45, 7) is 4.00. The topological polar surface area (TPSA) is 101 Å². The number of hydrogen-bond donors (Lipinski definition) is 2. The molecule has 0 spiro atoms. The molecule has 7 nitrogen and oxygen atoms in total. The largest absolute Gasteiger partial charge is 0.296 e. The summed E-state index contributed by atoms with van der Waals surface area (Å²) < 4.78 is 27.5. The lowest BCUT2D eigenvalue weighted by Crippen LogP contribution is -2.28. The lowest BCUT2D eigenvalue weighted by molar-refractivity contribution is 0.102. The summed E-state index contributed by atoms with van der Waals surface area (Å²) in [4.78, 5) is 12.4. The molecule has 1 aromatic carbocycles. The standard InChI is InChI=1S/C16H18Cl2N4O3S2/c1-8(2)7-19-27(24,25)13-5-10(11(17)6-12(13)18)14(23)20-16-22-21-15(26-16)9-3-4-9/h5-6,8-9,19H,3-4,7H2,1-2H3,(H,20,22,23). The van der Waals surface area contributed by atoms with Crippen LogP contribution in [0.2, 0.25) is 10.0 Å². The van der Waals surface area contributed by atoms with Gasteiger partial charge in [0.2, 0.25) is 15.2 Å². The second-order valence-electron chi connectivity index (χ2n) is 6.68. The first kappa shape index (κ1) is 20.5. The van der Waals surface area contributed by atoms with E-state index in [4.69, 9.17) is 23.2 Å². The van der Waals surface area contributed by atoms with Crippen LogP contribution in [0.3, 0.4) is 0 Å². The van der Waals surface area contributed by atoms with E-state index in [0.29, 0.717) is 11.0 Å². The first-order valence-electron chi connectivity index (χ1n) is 8.31. The van der Waals surface area contributed by atoms with Gasteiger partial charge in [-0.05, 0) is 30.9 Å². The molecule has 1 aromatic heterocycles. The Morgan fingerprint density at radius 1 is 1.26 bits per heavy atom. The smallest absolute Gasteiger partial charge is 0.259 e. The van der Waals surface area contributed by atoms with Gasteiger partial charge in [0.15, 0.2) is 0 Å². The summed E-state index contributed by atoms with van der Waals surface area (Å²) in [5, 5.41) is 11.8. The second-order valence-corrected chi connectivity index (χ2v) is 10.2. The molecule has 0 radical (unpaired) electrons. The number of carbonyl (C=O) groups excluding carboxylic acids is 1. The SMILES string of the molecule is CC(C)CNS(=O)(=O)c1cc(C(=O)Nc2nnc(C3CC3)s2)c(Cl)cc1Cl. The summed E-state index contributed by atoms with van der Waals surface area (Å²) in [6.07, 6.45) is 2.16. The molecule has 0 aliphatic heterocycles. The maximum atomic E-state index is 12.6. The first-order valence-corrected chi connectivity index (χ1v) is 11.4. The highest BCUT2D eigenvalue weighted by atomic mass is 35.5. The third-order valence-corrected chi connectivity index (χ3v) is 7.03. The van der Waals surface area contributed by atoms with Gasteiger partial charge in [0, 0.05) is 12.5 Å². The fourth-order valence-electron chi connectivity index (χ4n) is 2.21. The van der Waals surface area contributed by atoms with Gasteiger partial charge in [-0.25, -0.2) is 13.1 Å². The predicted octanol–water partition coefficient (Wildman–Crippen LogP) is 3.91. The maximum Gasteiger partial charge on any atom is 0.259 e. The number of hydrogen-bond acceptors (Lipinski definition) is 6. The van der Waals surface area contributed by atoms with Crippen molar-refractivity contribution in [3.63, 3.8) is 0 Å². The van der Waals surface area contributed by atoms with Crippen molar-refractivity contribution >= 4 is 55.6 Å². The summed E-state index contributed by atoms with van der Waals surface area (Å²) in [5.41, 5.74) is -0.00541. The number of amides is 1. The van der Waals surface area contributed by atoms with E-state index in [-0.39, 0.29) is 33.0 Å². The zero-order valence-corrected chi connectivity index (χ0v) is 17.8. The van der Waals surface area contributed by atoms with Crippen LogP contribution >= 0.6 is 34.5 Å². The molecule has 1 fully saturated rings. The van der Waals surface area contributed by atoms with E-state index < -0.39 is 15.9 Å². The van der Waals surface area contributed by atoms with E-state index in [9.17, 15) is 13.2 Å². The van der Waals surface area contributed by atoms with Crippen LogP contribution in [0, 0.1) is 5.92 Å². The third kappa shape index (κ3) is 4.97. The molecular formula is C16H18Cl2N4O3S2. The van der Waals surface area contributed by atoms with Gasteiger partial charge in [0.1, 0.15) is 9.90 Å². The van der Waals surface area contributed by atoms with Crippen LogP contribution in [0.4, 0.5) is 5.13 Å². The molecule has 0 atom stereocenters. The highest BCUT2D eigenvalue weighted by Crippen LogP contribution is 2.42. The number of rotatable bonds is 7. The van der Waals surface area contributed by atoms with Gasteiger partial charge >= 0.3 is 0 Å². The molecule has 0 bridgehead atoms. The van der Waals surface area contributed by atoms with Crippen LogP contribution < -0.4 is 10.0 Å². The number of benzene rings is 1. The van der Waals surface area contributed by atoms with Crippen molar-refractivity contribution in [2.24, 2.45) is 5.92 Å². The fourth-order valence-corrected chi connectivity index (χ4v) is 5.19. The van der Waals surface area contributed by atoms with E-state index in [2.05, 4.69) is 20.2 Å². The number of sulfonamides is 1. The minimum Gasteiger partial charge on any atom is -0.296 e. The minimum absolute atomic E-state index is 0.00541. The lowest BCUT2D eigenvalue weighted by atomic mass is 10.2. The summed E-state index contributed by atoms with van der Waals surface area (Å²) in [6, 6.07) is 2.42. The van der Waals surface area contributed by atoms with E-state index >= 15 is 0 Å². The van der Waals surface area contributed by atoms with Crippen molar-refractivity contribution in [1.82, 2.24) is 14.9 Å². The minimum atomic E-state index is -3.88. The van der Waals surface area contributed by atoms with Gasteiger partial charge in [-0.3, -0.25) is 10.1 Å². The molecule has 1 saturated carbocycles. The molecular weight excluding hydrogens is 431 g/mol. The zero-order chi connectivity index (χ0) is 19.8. The summed E-state index contributed by atoms with van der Waals surface area (Å²) in [5.74, 6) is -0.0294. The van der Waals surface area contributed by atoms with E-state index in [1.165, 1.54) is 23.5 Å². The Labute approximate surface area is 171 Å². The Bertz CT molecular complexity index is 972.